The Kier molecular flexibility index (Phi) is 5.96. The van der Waals surface area contributed by atoms with E-state index in [1.807, 2.05) is 54.6 Å². The van der Waals surface area contributed by atoms with Crippen LogP contribution in [-0.2, 0) is 17.6 Å². The lowest BCUT2D eigenvalue weighted by Gasteiger charge is -2.16. The van der Waals surface area contributed by atoms with Gasteiger partial charge in [0.15, 0.2) is 0 Å². The fourth-order valence-electron chi connectivity index (χ4n) is 2.17. The Morgan fingerprint density at radius 1 is 1.10 bits per heavy atom. The smallest absolute Gasteiger partial charge is 0.224 e. The second kappa shape index (κ2) is 7.96. The summed E-state index contributed by atoms with van der Waals surface area (Å²) in [5.74, 6) is -0.0805. The van der Waals surface area contributed by atoms with Crippen molar-refractivity contribution in [1.82, 2.24) is 5.32 Å². The molecule has 4 heteroatoms. The van der Waals surface area contributed by atoms with Gasteiger partial charge >= 0.3 is 0 Å². The molecule has 2 aromatic rings. The summed E-state index contributed by atoms with van der Waals surface area (Å²) >= 11 is 3.39. The molecular weight excluding hydrogens is 330 g/mol. The molecule has 1 amide bonds. The van der Waals surface area contributed by atoms with Gasteiger partial charge in [0.25, 0.3) is 0 Å². The summed E-state index contributed by atoms with van der Waals surface area (Å²) in [6.07, 6.45) is 0.937. The van der Waals surface area contributed by atoms with E-state index in [0.29, 0.717) is 12.8 Å². The van der Waals surface area contributed by atoms with Gasteiger partial charge in [0.05, 0.1) is 19.1 Å². The lowest BCUT2D eigenvalue weighted by molar-refractivity contribution is -0.121. The Labute approximate surface area is 133 Å². The number of aliphatic hydroxyl groups excluding tert-OH is 1. The van der Waals surface area contributed by atoms with Crippen LogP contribution in [0.4, 0.5) is 0 Å². The van der Waals surface area contributed by atoms with E-state index in [2.05, 4.69) is 21.2 Å². The van der Waals surface area contributed by atoms with E-state index in [0.717, 1.165) is 15.6 Å². The first-order chi connectivity index (χ1) is 10.2. The van der Waals surface area contributed by atoms with Crippen LogP contribution in [0, 0.1) is 0 Å². The molecule has 0 radical (unpaired) electrons. The lowest BCUT2D eigenvalue weighted by atomic mass is 10.1. The van der Waals surface area contributed by atoms with Gasteiger partial charge in [-0.3, -0.25) is 4.79 Å². The molecule has 0 heterocycles. The first-order valence-electron chi connectivity index (χ1n) is 6.86. The van der Waals surface area contributed by atoms with Crippen molar-refractivity contribution in [3.8, 4) is 0 Å². The average Bonchev–Trinajstić information content (AvgIpc) is 2.47. The molecule has 0 saturated heterocycles. The summed E-state index contributed by atoms with van der Waals surface area (Å²) in [5, 5.41) is 12.3. The highest BCUT2D eigenvalue weighted by atomic mass is 79.9. The first kappa shape index (κ1) is 15.7. The number of amides is 1. The fraction of sp³-hybridized carbons (Fsp3) is 0.235. The Bertz CT molecular complexity index is 586. The van der Waals surface area contributed by atoms with Crippen LogP contribution in [0.3, 0.4) is 0 Å². The van der Waals surface area contributed by atoms with Gasteiger partial charge in [-0.2, -0.15) is 0 Å². The summed E-state index contributed by atoms with van der Waals surface area (Å²) in [6.45, 7) is -0.0703. The van der Waals surface area contributed by atoms with Crippen molar-refractivity contribution in [1.29, 1.82) is 0 Å². The fourth-order valence-corrected chi connectivity index (χ4v) is 2.62. The van der Waals surface area contributed by atoms with Crippen LogP contribution in [0.25, 0.3) is 0 Å². The quantitative estimate of drug-likeness (QED) is 0.843. The number of nitrogens with one attached hydrogen (secondary N) is 1. The Morgan fingerprint density at radius 3 is 2.48 bits per heavy atom. The normalized spacial score (nSPS) is 11.9. The second-order valence-electron chi connectivity index (χ2n) is 4.94. The molecule has 0 aromatic heterocycles. The van der Waals surface area contributed by atoms with Gasteiger partial charge in [0.1, 0.15) is 0 Å². The zero-order valence-corrected chi connectivity index (χ0v) is 13.2. The van der Waals surface area contributed by atoms with Gasteiger partial charge in [-0.15, -0.1) is 0 Å². The number of benzene rings is 2. The maximum absolute atomic E-state index is 12.0. The summed E-state index contributed by atoms with van der Waals surface area (Å²) in [6, 6.07) is 17.2. The number of hydrogen-bond acceptors (Lipinski definition) is 2. The number of halogens is 1. The summed E-state index contributed by atoms with van der Waals surface area (Å²) in [4.78, 5) is 12.0. The molecule has 1 atom stereocenters. The molecule has 0 spiro atoms. The molecule has 0 unspecified atom stereocenters. The maximum Gasteiger partial charge on any atom is 0.224 e. The molecular formula is C17H18BrNO2. The third-order valence-electron chi connectivity index (χ3n) is 3.16. The number of hydrogen-bond donors (Lipinski definition) is 2. The molecule has 2 aromatic carbocycles. The second-order valence-corrected chi connectivity index (χ2v) is 5.86. The van der Waals surface area contributed by atoms with Crippen molar-refractivity contribution in [3.63, 3.8) is 0 Å². The minimum atomic E-state index is -0.257. The predicted molar refractivity (Wildman–Crippen MR) is 87.0 cm³/mol. The van der Waals surface area contributed by atoms with Crippen LogP contribution in [0.2, 0.25) is 0 Å². The van der Waals surface area contributed by atoms with Gasteiger partial charge in [-0.05, 0) is 29.7 Å². The van der Waals surface area contributed by atoms with Crippen molar-refractivity contribution in [3.05, 3.63) is 70.2 Å². The predicted octanol–water partition coefficient (Wildman–Crippen LogP) is 2.71. The van der Waals surface area contributed by atoms with E-state index in [-0.39, 0.29) is 18.6 Å². The van der Waals surface area contributed by atoms with Gasteiger partial charge in [-0.25, -0.2) is 0 Å². The minimum absolute atomic E-state index is 0.0703. The third-order valence-corrected chi connectivity index (χ3v) is 3.66. The SMILES string of the molecule is O=C(Cc1cccc(Br)c1)N[C@H](CO)Cc1ccccc1. The average molecular weight is 348 g/mol. The lowest BCUT2D eigenvalue weighted by Crippen LogP contribution is -2.39. The first-order valence-corrected chi connectivity index (χ1v) is 7.65. The highest BCUT2D eigenvalue weighted by Crippen LogP contribution is 2.12. The molecule has 0 fully saturated rings. The van der Waals surface area contributed by atoms with Gasteiger partial charge in [0.2, 0.25) is 5.91 Å². The molecule has 0 saturated carbocycles. The van der Waals surface area contributed by atoms with Crippen LogP contribution in [-0.4, -0.2) is 23.7 Å². The Hall–Kier alpha value is -1.65. The molecule has 2 rings (SSSR count). The van der Waals surface area contributed by atoms with Crippen molar-refractivity contribution in [2.24, 2.45) is 0 Å². The molecule has 0 bridgehead atoms. The largest absolute Gasteiger partial charge is 0.394 e. The van der Waals surface area contributed by atoms with E-state index >= 15 is 0 Å². The van der Waals surface area contributed by atoms with Crippen LogP contribution < -0.4 is 5.32 Å². The van der Waals surface area contributed by atoms with Crippen molar-refractivity contribution in [2.75, 3.05) is 6.61 Å². The molecule has 0 aliphatic heterocycles. The van der Waals surface area contributed by atoms with E-state index in [9.17, 15) is 9.90 Å². The summed E-state index contributed by atoms with van der Waals surface area (Å²) < 4.78 is 0.954. The molecule has 21 heavy (non-hydrogen) atoms. The molecule has 2 N–H and O–H groups in total. The zero-order chi connectivity index (χ0) is 15.1. The monoisotopic (exact) mass is 347 g/mol. The van der Waals surface area contributed by atoms with Crippen LogP contribution in [0.5, 0.6) is 0 Å². The van der Waals surface area contributed by atoms with Crippen LogP contribution in [0.15, 0.2) is 59.1 Å². The van der Waals surface area contributed by atoms with Crippen molar-refractivity contribution in [2.45, 2.75) is 18.9 Å². The Morgan fingerprint density at radius 2 is 1.81 bits per heavy atom. The van der Waals surface area contributed by atoms with Crippen molar-refractivity contribution >= 4 is 21.8 Å². The molecule has 0 aliphatic rings. The standard InChI is InChI=1S/C17H18BrNO2/c18-15-8-4-7-14(9-15)11-17(21)19-16(12-20)10-13-5-2-1-3-6-13/h1-9,16,20H,10-12H2,(H,19,21)/t16-/m0/s1. The highest BCUT2D eigenvalue weighted by molar-refractivity contribution is 9.10. The van der Waals surface area contributed by atoms with Gasteiger partial charge in [-0.1, -0.05) is 58.4 Å². The number of carbonyl (C=O) groups excluding carboxylic acids is 1. The van der Waals surface area contributed by atoms with E-state index in [4.69, 9.17) is 0 Å². The molecule has 110 valence electrons. The summed E-state index contributed by atoms with van der Waals surface area (Å²) in [5.41, 5.74) is 2.04. The number of rotatable bonds is 6. The molecule has 3 nitrogen and oxygen atoms in total. The van der Waals surface area contributed by atoms with E-state index < -0.39 is 0 Å². The van der Waals surface area contributed by atoms with Crippen molar-refractivity contribution < 1.29 is 9.90 Å². The minimum Gasteiger partial charge on any atom is -0.394 e. The maximum atomic E-state index is 12.0. The zero-order valence-electron chi connectivity index (χ0n) is 11.6. The molecule has 0 aliphatic carbocycles. The van der Waals surface area contributed by atoms with Crippen LogP contribution in [0.1, 0.15) is 11.1 Å². The third kappa shape index (κ3) is 5.33. The highest BCUT2D eigenvalue weighted by Gasteiger charge is 2.12. The Balaban J connectivity index is 1.90. The van der Waals surface area contributed by atoms with Gasteiger partial charge < -0.3 is 10.4 Å². The number of carbonyl (C=O) groups is 1. The summed E-state index contributed by atoms with van der Waals surface area (Å²) in [7, 11) is 0. The van der Waals surface area contributed by atoms with Crippen LogP contribution >= 0.6 is 15.9 Å². The van der Waals surface area contributed by atoms with E-state index in [1.165, 1.54) is 0 Å². The van der Waals surface area contributed by atoms with Gasteiger partial charge in [0, 0.05) is 4.47 Å². The topological polar surface area (TPSA) is 49.3 Å². The number of aliphatic hydroxyl groups is 1. The van der Waals surface area contributed by atoms with E-state index in [1.54, 1.807) is 0 Å².